The van der Waals surface area contributed by atoms with Crippen LogP contribution in [0.15, 0.2) is 40.9 Å². The lowest BCUT2D eigenvalue weighted by molar-refractivity contribution is 0.627. The minimum Gasteiger partial charge on any atom is -0.397 e. The fraction of sp³-hybridized carbons (Fsp3) is 0. The molecule has 0 saturated carbocycles. The highest BCUT2D eigenvalue weighted by molar-refractivity contribution is 14.1. The smallest absolute Gasteiger partial charge is 0.124 e. The van der Waals surface area contributed by atoms with Crippen molar-refractivity contribution in [2.24, 2.45) is 0 Å². The van der Waals surface area contributed by atoms with Crippen molar-refractivity contribution >= 4 is 55.6 Å². The molecule has 2 nitrogen and oxygen atoms in total. The van der Waals surface area contributed by atoms with Crippen LogP contribution in [0, 0.1) is 9.39 Å². The quantitative estimate of drug-likeness (QED) is 0.568. The number of hydrogen-bond donors (Lipinski definition) is 2. The van der Waals surface area contributed by atoms with Gasteiger partial charge in [-0.05, 0) is 74.9 Å². The molecule has 0 heterocycles. The number of nitrogen functional groups attached to an aromatic ring is 1. The van der Waals surface area contributed by atoms with Gasteiger partial charge in [-0.25, -0.2) is 4.39 Å². The molecule has 0 spiro atoms. The Bertz CT molecular complexity index is 511. The van der Waals surface area contributed by atoms with Gasteiger partial charge >= 0.3 is 0 Å². The van der Waals surface area contributed by atoms with Crippen LogP contribution in [-0.4, -0.2) is 0 Å². The molecular formula is C12H9BrFIN2. The van der Waals surface area contributed by atoms with Crippen LogP contribution in [0.4, 0.5) is 21.5 Å². The van der Waals surface area contributed by atoms with E-state index in [9.17, 15) is 4.39 Å². The van der Waals surface area contributed by atoms with E-state index >= 15 is 0 Å². The zero-order chi connectivity index (χ0) is 12.4. The number of nitrogens with one attached hydrogen (secondary N) is 1. The van der Waals surface area contributed by atoms with Gasteiger partial charge in [0.25, 0.3) is 0 Å². The van der Waals surface area contributed by atoms with Crippen LogP contribution in [0.2, 0.25) is 0 Å². The largest absolute Gasteiger partial charge is 0.397 e. The molecule has 0 aliphatic carbocycles. The maximum atomic E-state index is 12.9. The van der Waals surface area contributed by atoms with Gasteiger partial charge in [-0.1, -0.05) is 0 Å². The normalized spacial score (nSPS) is 10.3. The van der Waals surface area contributed by atoms with Crippen molar-refractivity contribution in [3.63, 3.8) is 0 Å². The molecular weight excluding hydrogens is 398 g/mol. The number of nitrogens with two attached hydrogens (primary N) is 1. The van der Waals surface area contributed by atoms with Crippen LogP contribution in [0.1, 0.15) is 0 Å². The second-order valence-corrected chi connectivity index (χ2v) is 5.58. The van der Waals surface area contributed by atoms with Crippen molar-refractivity contribution in [1.29, 1.82) is 0 Å². The molecule has 2 rings (SSSR count). The first-order valence-electron chi connectivity index (χ1n) is 4.83. The summed E-state index contributed by atoms with van der Waals surface area (Å²) in [6.07, 6.45) is 0. The van der Waals surface area contributed by atoms with Crippen LogP contribution in [0.5, 0.6) is 0 Å². The molecule has 0 radical (unpaired) electrons. The first-order chi connectivity index (χ1) is 8.06. The summed E-state index contributed by atoms with van der Waals surface area (Å²) in [5.41, 5.74) is 8.13. The fourth-order valence-corrected chi connectivity index (χ4v) is 2.35. The molecule has 5 heteroatoms. The molecule has 0 aromatic heterocycles. The predicted molar refractivity (Wildman–Crippen MR) is 81.0 cm³/mol. The second-order valence-electron chi connectivity index (χ2n) is 3.48. The average Bonchev–Trinajstić information content (AvgIpc) is 2.25. The highest BCUT2D eigenvalue weighted by Gasteiger charge is 2.04. The summed E-state index contributed by atoms with van der Waals surface area (Å²) < 4.78 is 14.7. The Labute approximate surface area is 121 Å². The zero-order valence-electron chi connectivity index (χ0n) is 8.68. The molecule has 17 heavy (non-hydrogen) atoms. The van der Waals surface area contributed by atoms with E-state index in [0.717, 1.165) is 14.9 Å². The van der Waals surface area contributed by atoms with Crippen LogP contribution < -0.4 is 11.1 Å². The SMILES string of the molecule is Nc1cc(I)ccc1Nc1ccc(F)cc1Br. The van der Waals surface area contributed by atoms with Crippen molar-refractivity contribution in [3.05, 3.63) is 50.3 Å². The maximum absolute atomic E-state index is 12.9. The molecule has 0 saturated heterocycles. The van der Waals surface area contributed by atoms with E-state index in [4.69, 9.17) is 5.73 Å². The molecule has 0 atom stereocenters. The van der Waals surface area contributed by atoms with E-state index in [0.29, 0.717) is 10.2 Å². The van der Waals surface area contributed by atoms with Crippen molar-refractivity contribution in [2.75, 3.05) is 11.1 Å². The summed E-state index contributed by atoms with van der Waals surface area (Å²) in [5, 5.41) is 3.15. The van der Waals surface area contributed by atoms with Crippen LogP contribution in [-0.2, 0) is 0 Å². The van der Waals surface area contributed by atoms with Crippen LogP contribution in [0.3, 0.4) is 0 Å². The lowest BCUT2D eigenvalue weighted by Gasteiger charge is -2.11. The fourth-order valence-electron chi connectivity index (χ4n) is 1.38. The molecule has 0 fully saturated rings. The van der Waals surface area contributed by atoms with Gasteiger partial charge in [-0.15, -0.1) is 0 Å². The van der Waals surface area contributed by atoms with Gasteiger partial charge in [-0.3, -0.25) is 0 Å². The van der Waals surface area contributed by atoms with E-state index in [1.807, 2.05) is 18.2 Å². The third-order valence-electron chi connectivity index (χ3n) is 2.21. The van der Waals surface area contributed by atoms with Crippen molar-refractivity contribution in [1.82, 2.24) is 0 Å². The monoisotopic (exact) mass is 406 g/mol. The van der Waals surface area contributed by atoms with E-state index in [-0.39, 0.29) is 5.82 Å². The van der Waals surface area contributed by atoms with E-state index < -0.39 is 0 Å². The van der Waals surface area contributed by atoms with E-state index in [2.05, 4.69) is 43.8 Å². The molecule has 2 aromatic rings. The Kier molecular flexibility index (Phi) is 3.88. The molecule has 3 N–H and O–H groups in total. The Morgan fingerprint density at radius 3 is 2.47 bits per heavy atom. The van der Waals surface area contributed by atoms with E-state index in [1.54, 1.807) is 6.07 Å². The van der Waals surface area contributed by atoms with Crippen molar-refractivity contribution < 1.29 is 4.39 Å². The van der Waals surface area contributed by atoms with Crippen molar-refractivity contribution in [3.8, 4) is 0 Å². The number of rotatable bonds is 2. The van der Waals surface area contributed by atoms with E-state index in [1.165, 1.54) is 12.1 Å². The topological polar surface area (TPSA) is 38.0 Å². The minimum atomic E-state index is -0.280. The van der Waals surface area contributed by atoms with Gasteiger partial charge < -0.3 is 11.1 Å². The predicted octanol–water partition coefficient (Wildman–Crippen LogP) is 4.52. The number of benzene rings is 2. The lowest BCUT2D eigenvalue weighted by Crippen LogP contribution is -1.97. The lowest BCUT2D eigenvalue weighted by atomic mass is 10.2. The Morgan fingerprint density at radius 2 is 1.82 bits per heavy atom. The summed E-state index contributed by atoms with van der Waals surface area (Å²) in [6, 6.07) is 10.2. The van der Waals surface area contributed by atoms with Gasteiger partial charge in [0, 0.05) is 8.04 Å². The van der Waals surface area contributed by atoms with Gasteiger partial charge in [-0.2, -0.15) is 0 Å². The first-order valence-corrected chi connectivity index (χ1v) is 6.70. The first kappa shape index (κ1) is 12.6. The third-order valence-corrected chi connectivity index (χ3v) is 3.54. The second kappa shape index (κ2) is 5.22. The van der Waals surface area contributed by atoms with Crippen LogP contribution in [0.25, 0.3) is 0 Å². The molecule has 0 aliphatic heterocycles. The molecule has 0 amide bonds. The molecule has 0 unspecified atom stereocenters. The van der Waals surface area contributed by atoms with Gasteiger partial charge in [0.2, 0.25) is 0 Å². The Hall–Kier alpha value is -0.820. The summed E-state index contributed by atoms with van der Waals surface area (Å²) in [6.45, 7) is 0. The van der Waals surface area contributed by atoms with Gasteiger partial charge in [0.1, 0.15) is 5.82 Å². The standard InChI is InChI=1S/C12H9BrFIN2/c13-9-5-7(14)1-3-11(9)17-12-4-2-8(15)6-10(12)16/h1-6,17H,16H2. The van der Waals surface area contributed by atoms with Crippen molar-refractivity contribution in [2.45, 2.75) is 0 Å². The maximum Gasteiger partial charge on any atom is 0.124 e. The summed E-state index contributed by atoms with van der Waals surface area (Å²) >= 11 is 5.50. The Balaban J connectivity index is 2.31. The molecule has 0 aliphatic rings. The van der Waals surface area contributed by atoms with Gasteiger partial charge in [0.05, 0.1) is 17.1 Å². The average molecular weight is 407 g/mol. The number of anilines is 3. The molecule has 88 valence electrons. The number of hydrogen-bond acceptors (Lipinski definition) is 2. The third kappa shape index (κ3) is 3.10. The molecule has 2 aromatic carbocycles. The highest BCUT2D eigenvalue weighted by Crippen LogP contribution is 2.29. The summed E-state index contributed by atoms with van der Waals surface area (Å²) in [4.78, 5) is 0. The highest BCUT2D eigenvalue weighted by atomic mass is 127. The van der Waals surface area contributed by atoms with Crippen LogP contribution >= 0.6 is 38.5 Å². The summed E-state index contributed by atoms with van der Waals surface area (Å²) in [5.74, 6) is -0.280. The van der Waals surface area contributed by atoms with Gasteiger partial charge in [0.15, 0.2) is 0 Å². The summed E-state index contributed by atoms with van der Waals surface area (Å²) in [7, 11) is 0. The Morgan fingerprint density at radius 1 is 1.12 bits per heavy atom. The minimum absolute atomic E-state index is 0.280. The zero-order valence-corrected chi connectivity index (χ0v) is 12.4. The number of halogens is 3. The molecule has 0 bridgehead atoms.